The van der Waals surface area contributed by atoms with Crippen molar-refractivity contribution in [2.45, 2.75) is 25.2 Å². The van der Waals surface area contributed by atoms with Gasteiger partial charge >= 0.3 is 0 Å². The van der Waals surface area contributed by atoms with Crippen molar-refractivity contribution in [3.8, 4) is 0 Å². The molecule has 1 fully saturated rings. The zero-order valence-corrected chi connectivity index (χ0v) is 8.48. The lowest BCUT2D eigenvalue weighted by atomic mass is 9.82. The molecule has 3 rings (SSSR count). The number of fused-ring (bicyclic) bond motifs is 1. The summed E-state index contributed by atoms with van der Waals surface area (Å²) in [6.07, 6.45) is 5.58. The Labute approximate surface area is 88.3 Å². The van der Waals surface area contributed by atoms with Crippen molar-refractivity contribution in [1.82, 2.24) is 9.97 Å². The van der Waals surface area contributed by atoms with Crippen molar-refractivity contribution in [2.75, 3.05) is 5.73 Å². The third-order valence-corrected chi connectivity index (χ3v) is 3.18. The van der Waals surface area contributed by atoms with Crippen LogP contribution in [0.4, 0.5) is 5.82 Å². The summed E-state index contributed by atoms with van der Waals surface area (Å²) in [5.74, 6) is 1.18. The van der Waals surface area contributed by atoms with Gasteiger partial charge in [0, 0.05) is 23.2 Å². The van der Waals surface area contributed by atoms with Crippen molar-refractivity contribution < 1.29 is 0 Å². The number of nitrogens with two attached hydrogens (primary N) is 1. The molecule has 3 heteroatoms. The molecule has 0 saturated heterocycles. The van der Waals surface area contributed by atoms with Crippen LogP contribution in [0, 0.1) is 0 Å². The van der Waals surface area contributed by atoms with Gasteiger partial charge in [0.05, 0.1) is 0 Å². The molecule has 2 N–H and O–H groups in total. The average Bonchev–Trinajstić information content (AvgIpc) is 2.17. The van der Waals surface area contributed by atoms with E-state index in [1.54, 1.807) is 6.20 Å². The maximum absolute atomic E-state index is 5.81. The fourth-order valence-electron chi connectivity index (χ4n) is 2.02. The van der Waals surface area contributed by atoms with Gasteiger partial charge in [-0.3, -0.25) is 0 Å². The largest absolute Gasteiger partial charge is 0.382 e. The third kappa shape index (κ3) is 1.35. The third-order valence-electron chi connectivity index (χ3n) is 3.18. The van der Waals surface area contributed by atoms with Crippen LogP contribution in [-0.2, 0) is 0 Å². The molecule has 3 nitrogen and oxygen atoms in total. The van der Waals surface area contributed by atoms with E-state index in [0.717, 1.165) is 10.9 Å². The Morgan fingerprint density at radius 1 is 1.20 bits per heavy atom. The maximum Gasteiger partial charge on any atom is 0.149 e. The van der Waals surface area contributed by atoms with Crippen LogP contribution in [0.3, 0.4) is 0 Å². The Kier molecular flexibility index (Phi) is 1.84. The van der Waals surface area contributed by atoms with Crippen molar-refractivity contribution >= 4 is 16.7 Å². The van der Waals surface area contributed by atoms with Gasteiger partial charge in [-0.15, -0.1) is 0 Å². The molecular weight excluding hydrogens is 186 g/mol. The van der Waals surface area contributed by atoms with E-state index >= 15 is 0 Å². The molecule has 15 heavy (non-hydrogen) atoms. The van der Waals surface area contributed by atoms with Crippen molar-refractivity contribution in [3.63, 3.8) is 0 Å². The summed E-state index contributed by atoms with van der Waals surface area (Å²) >= 11 is 0. The van der Waals surface area contributed by atoms with Gasteiger partial charge < -0.3 is 5.73 Å². The van der Waals surface area contributed by atoms with Crippen LogP contribution < -0.4 is 5.73 Å². The highest BCUT2D eigenvalue weighted by atomic mass is 14.9. The molecule has 2 aromatic rings. The van der Waals surface area contributed by atoms with Gasteiger partial charge in [0.25, 0.3) is 0 Å². The highest BCUT2D eigenvalue weighted by molar-refractivity contribution is 5.86. The minimum absolute atomic E-state index is 0.536. The summed E-state index contributed by atoms with van der Waals surface area (Å²) in [7, 11) is 0. The Hall–Kier alpha value is -1.64. The summed E-state index contributed by atoms with van der Waals surface area (Å²) in [5.41, 5.74) is 7.83. The number of hydrogen-bond acceptors (Lipinski definition) is 3. The van der Waals surface area contributed by atoms with E-state index < -0.39 is 0 Å². The van der Waals surface area contributed by atoms with Crippen LogP contribution >= 0.6 is 0 Å². The van der Waals surface area contributed by atoms with Crippen LogP contribution in [0.25, 0.3) is 10.9 Å². The van der Waals surface area contributed by atoms with Crippen LogP contribution in [0.15, 0.2) is 24.4 Å². The molecule has 2 heterocycles. The summed E-state index contributed by atoms with van der Waals surface area (Å²) in [6.45, 7) is 0. The Morgan fingerprint density at radius 2 is 2.07 bits per heavy atom. The topological polar surface area (TPSA) is 51.8 Å². The van der Waals surface area contributed by atoms with Gasteiger partial charge in [0.2, 0.25) is 0 Å². The number of pyridine rings is 2. The van der Waals surface area contributed by atoms with Gasteiger partial charge in [-0.2, -0.15) is 0 Å². The number of nitrogens with zero attached hydrogens (tertiary/aromatic N) is 2. The minimum atomic E-state index is 0.536. The molecule has 0 atom stereocenters. The van der Waals surface area contributed by atoms with Gasteiger partial charge in [-0.25, -0.2) is 9.97 Å². The molecule has 0 radical (unpaired) electrons. The maximum atomic E-state index is 5.81. The number of nitrogen functional groups attached to an aromatic ring is 1. The van der Waals surface area contributed by atoms with E-state index in [1.165, 1.54) is 25.0 Å². The molecule has 0 aliphatic heterocycles. The molecule has 1 saturated carbocycles. The molecule has 0 bridgehead atoms. The quantitative estimate of drug-likeness (QED) is 0.767. The van der Waals surface area contributed by atoms with E-state index in [2.05, 4.69) is 22.1 Å². The fourth-order valence-corrected chi connectivity index (χ4v) is 2.02. The molecule has 1 aliphatic rings. The average molecular weight is 199 g/mol. The first kappa shape index (κ1) is 8.65. The lowest BCUT2D eigenvalue weighted by Gasteiger charge is -2.24. The molecule has 0 unspecified atom stereocenters. The van der Waals surface area contributed by atoms with E-state index in [9.17, 15) is 0 Å². The first-order chi connectivity index (χ1) is 7.34. The molecule has 1 aliphatic carbocycles. The van der Waals surface area contributed by atoms with E-state index in [-0.39, 0.29) is 0 Å². The molecule has 0 amide bonds. The second-order valence-corrected chi connectivity index (χ2v) is 4.13. The molecule has 0 aromatic carbocycles. The summed E-state index contributed by atoms with van der Waals surface area (Å²) < 4.78 is 0. The number of hydrogen-bond donors (Lipinski definition) is 1. The summed E-state index contributed by atoms with van der Waals surface area (Å²) in [6, 6.07) is 6.16. The molecule has 0 spiro atoms. The predicted molar refractivity (Wildman–Crippen MR) is 60.5 cm³/mol. The van der Waals surface area contributed by atoms with Crippen molar-refractivity contribution in [1.29, 1.82) is 0 Å². The first-order valence-corrected chi connectivity index (χ1v) is 5.36. The van der Waals surface area contributed by atoms with E-state index in [1.807, 2.05) is 6.07 Å². The molecular formula is C12H13N3. The predicted octanol–water partition coefficient (Wildman–Crippen LogP) is 2.48. The minimum Gasteiger partial charge on any atom is -0.382 e. The van der Waals surface area contributed by atoms with E-state index in [0.29, 0.717) is 11.7 Å². The number of rotatable bonds is 1. The summed E-state index contributed by atoms with van der Waals surface area (Å²) in [5, 5.41) is 1.07. The van der Waals surface area contributed by atoms with Crippen LogP contribution in [0.5, 0.6) is 0 Å². The van der Waals surface area contributed by atoms with Crippen LogP contribution in [0.1, 0.15) is 30.9 Å². The van der Waals surface area contributed by atoms with Crippen molar-refractivity contribution in [3.05, 3.63) is 30.1 Å². The summed E-state index contributed by atoms with van der Waals surface area (Å²) in [4.78, 5) is 8.68. The Balaban J connectivity index is 2.15. The zero-order chi connectivity index (χ0) is 10.3. The second kappa shape index (κ2) is 3.19. The van der Waals surface area contributed by atoms with Crippen molar-refractivity contribution in [2.24, 2.45) is 0 Å². The fraction of sp³-hybridized carbons (Fsp3) is 0.333. The standard InChI is InChI=1S/C12H13N3/c13-12-11-9(6-7-14-12)4-5-10(15-11)8-2-1-3-8/h4-8H,1-3H2,(H2,13,14). The zero-order valence-electron chi connectivity index (χ0n) is 8.48. The van der Waals surface area contributed by atoms with Gasteiger partial charge in [0.15, 0.2) is 0 Å². The molecule has 2 aromatic heterocycles. The van der Waals surface area contributed by atoms with Gasteiger partial charge in [-0.05, 0) is 25.0 Å². The SMILES string of the molecule is Nc1nccc2ccc(C3CCC3)nc12. The lowest BCUT2D eigenvalue weighted by molar-refractivity contribution is 0.412. The Morgan fingerprint density at radius 3 is 2.80 bits per heavy atom. The highest BCUT2D eigenvalue weighted by Crippen LogP contribution is 2.36. The lowest BCUT2D eigenvalue weighted by Crippen LogP contribution is -2.10. The highest BCUT2D eigenvalue weighted by Gasteiger charge is 2.20. The first-order valence-electron chi connectivity index (χ1n) is 5.36. The van der Waals surface area contributed by atoms with Gasteiger partial charge in [-0.1, -0.05) is 12.5 Å². The van der Waals surface area contributed by atoms with Gasteiger partial charge in [0.1, 0.15) is 11.3 Å². The normalized spacial score (nSPS) is 16.5. The number of anilines is 1. The molecule has 76 valence electrons. The number of aromatic nitrogens is 2. The second-order valence-electron chi connectivity index (χ2n) is 4.13. The van der Waals surface area contributed by atoms with Crippen LogP contribution in [-0.4, -0.2) is 9.97 Å². The smallest absolute Gasteiger partial charge is 0.149 e. The van der Waals surface area contributed by atoms with Crippen LogP contribution in [0.2, 0.25) is 0 Å². The monoisotopic (exact) mass is 199 g/mol. The Bertz CT molecular complexity index is 503. The van der Waals surface area contributed by atoms with E-state index in [4.69, 9.17) is 5.73 Å².